The predicted molar refractivity (Wildman–Crippen MR) is 101 cm³/mol. The van der Waals surface area contributed by atoms with Crippen LogP contribution in [0.5, 0.6) is 11.5 Å². The molecule has 1 N–H and O–H groups in total. The first-order valence-corrected chi connectivity index (χ1v) is 8.56. The number of hydrogen-bond acceptors (Lipinski definition) is 5. The van der Waals surface area contributed by atoms with Gasteiger partial charge in [0.1, 0.15) is 17.2 Å². The average molecular weight is 441 g/mol. The van der Waals surface area contributed by atoms with Crippen molar-refractivity contribution < 1.29 is 27.6 Å². The Bertz CT molecular complexity index is 1110. The third-order valence-electron chi connectivity index (χ3n) is 3.87. The molecule has 0 saturated carbocycles. The van der Waals surface area contributed by atoms with Gasteiger partial charge >= 0.3 is 6.18 Å². The molecule has 0 spiro atoms. The number of non-ortho nitro benzene ring substituents is 1. The zero-order valence-electron chi connectivity index (χ0n) is 15.1. The van der Waals surface area contributed by atoms with E-state index in [-0.39, 0.29) is 27.9 Å². The van der Waals surface area contributed by atoms with Crippen LogP contribution < -0.4 is 10.1 Å². The van der Waals surface area contributed by atoms with Gasteiger partial charge in [-0.3, -0.25) is 19.6 Å². The number of rotatable bonds is 5. The number of halogens is 4. The number of nitrogens with one attached hydrogen (secondary N) is 1. The SMILES string of the molecule is Cn1ncc(Cl)c1C(=O)Nc1cc(Oc2cccc(C(F)(F)F)c2)cc([N+](=O)[O-])c1. The molecule has 30 heavy (non-hydrogen) atoms. The number of amides is 1. The van der Waals surface area contributed by atoms with Crippen LogP contribution in [-0.4, -0.2) is 20.6 Å². The van der Waals surface area contributed by atoms with E-state index in [4.69, 9.17) is 16.3 Å². The highest BCUT2D eigenvalue weighted by Crippen LogP contribution is 2.34. The Kier molecular flexibility index (Phi) is 5.65. The summed E-state index contributed by atoms with van der Waals surface area (Å²) in [6, 6.07) is 7.35. The fraction of sp³-hybridized carbons (Fsp3) is 0.111. The lowest BCUT2D eigenvalue weighted by Crippen LogP contribution is -2.16. The normalized spacial score (nSPS) is 11.2. The first-order chi connectivity index (χ1) is 14.0. The third-order valence-corrected chi connectivity index (χ3v) is 4.14. The van der Waals surface area contributed by atoms with E-state index in [1.54, 1.807) is 0 Å². The summed E-state index contributed by atoms with van der Waals surface area (Å²) in [5.41, 5.74) is -1.38. The number of anilines is 1. The number of benzene rings is 2. The van der Waals surface area contributed by atoms with E-state index in [1.807, 2.05) is 0 Å². The zero-order chi connectivity index (χ0) is 22.1. The van der Waals surface area contributed by atoms with Crippen molar-refractivity contribution in [2.45, 2.75) is 6.18 Å². The van der Waals surface area contributed by atoms with E-state index in [0.717, 1.165) is 30.3 Å². The number of nitro benzene ring substituents is 1. The molecule has 156 valence electrons. The van der Waals surface area contributed by atoms with E-state index in [2.05, 4.69) is 10.4 Å². The molecule has 8 nitrogen and oxygen atoms in total. The first kappa shape index (κ1) is 21.1. The van der Waals surface area contributed by atoms with Crippen LogP contribution in [0.1, 0.15) is 16.1 Å². The van der Waals surface area contributed by atoms with Crippen LogP contribution in [0.3, 0.4) is 0 Å². The molecule has 0 saturated heterocycles. The number of carbonyl (C=O) groups excluding carboxylic acids is 1. The van der Waals surface area contributed by atoms with Gasteiger partial charge in [0, 0.05) is 19.2 Å². The molecule has 0 unspecified atom stereocenters. The quantitative estimate of drug-likeness (QED) is 0.442. The zero-order valence-corrected chi connectivity index (χ0v) is 15.9. The van der Waals surface area contributed by atoms with Gasteiger partial charge in [-0.15, -0.1) is 0 Å². The number of aromatic nitrogens is 2. The predicted octanol–water partition coefficient (Wildman–Crippen LogP) is 5.05. The highest BCUT2D eigenvalue weighted by Gasteiger charge is 2.30. The van der Waals surface area contributed by atoms with Crippen LogP contribution in [0.25, 0.3) is 0 Å². The van der Waals surface area contributed by atoms with Crippen molar-refractivity contribution in [3.8, 4) is 11.5 Å². The van der Waals surface area contributed by atoms with Gasteiger partial charge in [0.15, 0.2) is 0 Å². The number of alkyl halides is 3. The van der Waals surface area contributed by atoms with Crippen molar-refractivity contribution in [2.75, 3.05) is 5.32 Å². The van der Waals surface area contributed by atoms with Crippen LogP contribution in [0, 0.1) is 10.1 Å². The smallest absolute Gasteiger partial charge is 0.416 e. The molecule has 0 aliphatic rings. The summed E-state index contributed by atoms with van der Waals surface area (Å²) in [7, 11) is 1.48. The molecule has 3 rings (SSSR count). The minimum absolute atomic E-state index is 0.0171. The molecular weight excluding hydrogens is 429 g/mol. The van der Waals surface area contributed by atoms with Crippen LogP contribution in [-0.2, 0) is 13.2 Å². The molecular formula is C18H12ClF3N4O4. The Morgan fingerprint density at radius 3 is 2.57 bits per heavy atom. The summed E-state index contributed by atoms with van der Waals surface area (Å²) in [6.07, 6.45) is -3.32. The van der Waals surface area contributed by atoms with E-state index in [9.17, 15) is 28.1 Å². The van der Waals surface area contributed by atoms with Gasteiger partial charge in [0.25, 0.3) is 11.6 Å². The molecule has 0 radical (unpaired) electrons. The second kappa shape index (κ2) is 8.03. The lowest BCUT2D eigenvalue weighted by Gasteiger charge is -2.12. The average Bonchev–Trinajstić information content (AvgIpc) is 2.99. The molecule has 1 aromatic heterocycles. The van der Waals surface area contributed by atoms with Gasteiger partial charge < -0.3 is 10.1 Å². The van der Waals surface area contributed by atoms with Crippen LogP contribution in [0.15, 0.2) is 48.7 Å². The van der Waals surface area contributed by atoms with Crippen molar-refractivity contribution in [3.63, 3.8) is 0 Å². The lowest BCUT2D eigenvalue weighted by atomic mass is 10.2. The second-order valence-corrected chi connectivity index (χ2v) is 6.43. The molecule has 0 bridgehead atoms. The summed E-state index contributed by atoms with van der Waals surface area (Å²) in [5.74, 6) is -1.02. The van der Waals surface area contributed by atoms with E-state index in [1.165, 1.54) is 30.1 Å². The lowest BCUT2D eigenvalue weighted by molar-refractivity contribution is -0.384. The van der Waals surface area contributed by atoms with Gasteiger partial charge in [-0.25, -0.2) is 0 Å². The standard InChI is InChI=1S/C18H12ClF3N4O4/c1-25-16(15(19)9-23-25)17(27)24-11-6-12(26(28)29)8-14(7-11)30-13-4-2-3-10(5-13)18(20,21)22/h2-9H,1H3,(H,24,27). The molecule has 12 heteroatoms. The molecule has 1 amide bonds. The fourth-order valence-electron chi connectivity index (χ4n) is 2.55. The summed E-state index contributed by atoms with van der Waals surface area (Å²) < 4.78 is 45.2. The Morgan fingerprint density at radius 2 is 1.97 bits per heavy atom. The topological polar surface area (TPSA) is 99.3 Å². The maximum Gasteiger partial charge on any atom is 0.416 e. The molecule has 3 aromatic rings. The van der Waals surface area contributed by atoms with Crippen LogP contribution in [0.2, 0.25) is 5.02 Å². The largest absolute Gasteiger partial charge is 0.457 e. The second-order valence-electron chi connectivity index (χ2n) is 6.02. The number of carbonyl (C=O) groups is 1. The maximum absolute atomic E-state index is 12.9. The molecule has 0 atom stereocenters. The van der Waals surface area contributed by atoms with Gasteiger partial charge in [0.05, 0.1) is 33.5 Å². The van der Waals surface area contributed by atoms with E-state index < -0.39 is 28.3 Å². The van der Waals surface area contributed by atoms with Crippen molar-refractivity contribution in [3.05, 3.63) is 75.1 Å². The third kappa shape index (κ3) is 4.69. The molecule has 0 aliphatic carbocycles. The Labute approximate surface area is 172 Å². The number of hydrogen-bond donors (Lipinski definition) is 1. The van der Waals surface area contributed by atoms with Gasteiger partial charge in [-0.2, -0.15) is 18.3 Å². The fourth-order valence-corrected chi connectivity index (χ4v) is 2.80. The molecule has 2 aromatic carbocycles. The van der Waals surface area contributed by atoms with Gasteiger partial charge in [-0.05, 0) is 18.2 Å². The highest BCUT2D eigenvalue weighted by atomic mass is 35.5. The summed E-state index contributed by atoms with van der Waals surface area (Å²) in [6.45, 7) is 0. The number of ether oxygens (including phenoxy) is 1. The summed E-state index contributed by atoms with van der Waals surface area (Å²) in [4.78, 5) is 22.9. The minimum Gasteiger partial charge on any atom is -0.457 e. The van der Waals surface area contributed by atoms with Gasteiger partial charge in [-0.1, -0.05) is 17.7 Å². The Morgan fingerprint density at radius 1 is 1.23 bits per heavy atom. The molecule has 0 aliphatic heterocycles. The number of nitrogens with zero attached hydrogens (tertiary/aromatic N) is 3. The van der Waals surface area contributed by atoms with Crippen molar-refractivity contribution in [1.82, 2.24) is 9.78 Å². The molecule has 0 fully saturated rings. The van der Waals surface area contributed by atoms with Crippen molar-refractivity contribution in [1.29, 1.82) is 0 Å². The van der Waals surface area contributed by atoms with Gasteiger partial charge in [0.2, 0.25) is 0 Å². The van der Waals surface area contributed by atoms with Crippen molar-refractivity contribution >= 4 is 28.9 Å². The first-order valence-electron chi connectivity index (χ1n) is 8.18. The maximum atomic E-state index is 12.9. The minimum atomic E-state index is -4.58. The van der Waals surface area contributed by atoms with Crippen LogP contribution in [0.4, 0.5) is 24.5 Å². The van der Waals surface area contributed by atoms with E-state index >= 15 is 0 Å². The summed E-state index contributed by atoms with van der Waals surface area (Å²) in [5, 5.41) is 17.5. The van der Waals surface area contributed by atoms with Crippen LogP contribution >= 0.6 is 11.6 Å². The summed E-state index contributed by atoms with van der Waals surface area (Å²) >= 11 is 5.91. The highest BCUT2D eigenvalue weighted by molar-refractivity contribution is 6.34. The van der Waals surface area contributed by atoms with E-state index in [0.29, 0.717) is 0 Å². The molecule has 1 heterocycles. The number of nitro groups is 1. The van der Waals surface area contributed by atoms with Crippen molar-refractivity contribution in [2.24, 2.45) is 7.05 Å². The monoisotopic (exact) mass is 440 g/mol. The number of aryl methyl sites for hydroxylation is 1. The Balaban J connectivity index is 1.92. The Hall–Kier alpha value is -3.60.